The van der Waals surface area contributed by atoms with Gasteiger partial charge in [0.25, 0.3) is 0 Å². The second kappa shape index (κ2) is 6.30. The summed E-state index contributed by atoms with van der Waals surface area (Å²) in [6.07, 6.45) is 0. The van der Waals surface area contributed by atoms with Gasteiger partial charge in [-0.25, -0.2) is 0 Å². The maximum absolute atomic E-state index is 3.26. The predicted molar refractivity (Wildman–Crippen MR) is 113 cm³/mol. The van der Waals surface area contributed by atoms with Crippen molar-refractivity contribution in [1.82, 2.24) is 4.57 Å². The largest absolute Gasteiger partial charge is 0.364 e. The van der Waals surface area contributed by atoms with Crippen molar-refractivity contribution < 1.29 is 19.5 Å². The van der Waals surface area contributed by atoms with E-state index in [1.165, 1.54) is 47.7 Å². The molecule has 0 bridgehead atoms. The van der Waals surface area contributed by atoms with Crippen molar-refractivity contribution in [2.45, 2.75) is 0 Å². The minimum absolute atomic E-state index is 0. The van der Waals surface area contributed by atoms with Crippen LogP contribution < -0.4 is 0 Å². The fraction of sp³-hybridized carbons (Fsp3) is 0. The number of benzene rings is 4. The van der Waals surface area contributed by atoms with Crippen LogP contribution >= 0.6 is 11.3 Å². The van der Waals surface area contributed by atoms with Gasteiger partial charge in [-0.3, -0.25) is 0 Å². The van der Waals surface area contributed by atoms with E-state index in [9.17, 15) is 0 Å². The third-order valence-electron chi connectivity index (χ3n) is 5.13. The summed E-state index contributed by atoms with van der Waals surface area (Å²) in [4.78, 5) is 0. The summed E-state index contributed by atoms with van der Waals surface area (Å²) in [6.45, 7) is 0. The molecule has 6 rings (SSSR count). The van der Waals surface area contributed by atoms with Gasteiger partial charge in [-0.1, -0.05) is 48.0 Å². The molecule has 0 aliphatic rings. The van der Waals surface area contributed by atoms with E-state index in [1.54, 1.807) is 0 Å². The van der Waals surface area contributed by atoms with Crippen LogP contribution in [0.15, 0.2) is 84.9 Å². The molecule has 0 aliphatic carbocycles. The van der Waals surface area contributed by atoms with Crippen LogP contribution in [0.1, 0.15) is 0 Å². The van der Waals surface area contributed by atoms with Crippen molar-refractivity contribution in [3.05, 3.63) is 91.0 Å². The van der Waals surface area contributed by atoms with Gasteiger partial charge in [0.15, 0.2) is 0 Å². The van der Waals surface area contributed by atoms with Gasteiger partial charge in [-0.2, -0.15) is 24.3 Å². The summed E-state index contributed by atoms with van der Waals surface area (Å²) in [5, 5.41) is 5.33. The smallest absolute Gasteiger partial charge is 0.0434 e. The summed E-state index contributed by atoms with van der Waals surface area (Å²) >= 11 is 1.89. The number of para-hydroxylation sites is 1. The van der Waals surface area contributed by atoms with Crippen LogP contribution in [0, 0.1) is 6.07 Å². The van der Waals surface area contributed by atoms with Crippen LogP contribution in [0.4, 0.5) is 0 Å². The summed E-state index contributed by atoms with van der Waals surface area (Å²) < 4.78 is 5.07. The molecule has 2 heterocycles. The minimum atomic E-state index is 0. The molecule has 0 N–H and O–H groups in total. The van der Waals surface area contributed by atoms with Crippen LogP contribution in [0.3, 0.4) is 0 Å². The Morgan fingerprint density at radius 1 is 0.704 bits per heavy atom. The molecule has 1 radical (unpaired) electrons. The second-order valence-corrected chi connectivity index (χ2v) is 7.60. The van der Waals surface area contributed by atoms with E-state index in [0.717, 1.165) is 0 Å². The van der Waals surface area contributed by atoms with E-state index in [0.29, 0.717) is 0 Å². The summed E-state index contributed by atoms with van der Waals surface area (Å²) in [5.74, 6) is 0. The average Bonchev–Trinajstić information content (AvgIpc) is 3.24. The first kappa shape index (κ1) is 16.7. The summed E-state index contributed by atoms with van der Waals surface area (Å²) in [7, 11) is 0. The van der Waals surface area contributed by atoms with Crippen LogP contribution in [0.25, 0.3) is 47.7 Å². The molecule has 27 heavy (non-hydrogen) atoms. The molecule has 0 saturated heterocycles. The van der Waals surface area contributed by atoms with Crippen molar-refractivity contribution in [1.29, 1.82) is 0 Å². The van der Waals surface area contributed by atoms with Crippen LogP contribution in [0.5, 0.6) is 0 Å². The molecule has 6 aromatic rings. The molecule has 0 fully saturated rings. The van der Waals surface area contributed by atoms with E-state index in [-0.39, 0.29) is 19.5 Å². The van der Waals surface area contributed by atoms with Crippen LogP contribution in [-0.2, 0) is 19.5 Å². The maximum Gasteiger partial charge on any atom is 0.0434 e. The molecule has 0 spiro atoms. The maximum atomic E-state index is 3.26. The molecule has 131 valence electrons. The Bertz CT molecular complexity index is 1430. The van der Waals surface area contributed by atoms with Crippen molar-refractivity contribution in [3.8, 4) is 5.69 Å². The average molecular weight is 451 g/mol. The predicted octanol–water partition coefficient (Wildman–Crippen LogP) is 6.95. The molecule has 0 saturated carbocycles. The topological polar surface area (TPSA) is 4.93 Å². The van der Waals surface area contributed by atoms with Crippen LogP contribution in [0.2, 0.25) is 0 Å². The number of thiophene rings is 1. The zero-order valence-corrected chi connectivity index (χ0v) is 16.7. The second-order valence-electron chi connectivity index (χ2n) is 6.55. The van der Waals surface area contributed by atoms with Gasteiger partial charge in [0.05, 0.1) is 0 Å². The molecular formula is C24H14NRhS-. The Morgan fingerprint density at radius 2 is 1.52 bits per heavy atom. The van der Waals surface area contributed by atoms with Gasteiger partial charge in [0, 0.05) is 56.2 Å². The van der Waals surface area contributed by atoms with Gasteiger partial charge in [0.2, 0.25) is 0 Å². The van der Waals surface area contributed by atoms with Crippen molar-refractivity contribution in [2.24, 2.45) is 0 Å². The van der Waals surface area contributed by atoms with Gasteiger partial charge in [-0.05, 0) is 24.3 Å². The quantitative estimate of drug-likeness (QED) is 0.188. The van der Waals surface area contributed by atoms with Crippen LogP contribution in [-0.4, -0.2) is 4.57 Å². The molecule has 0 aliphatic heterocycles. The molecule has 2 aromatic heterocycles. The first-order valence-corrected chi connectivity index (χ1v) is 9.53. The number of nitrogens with zero attached hydrogens (tertiary/aromatic N) is 1. The molecular weight excluding hydrogens is 437 g/mol. The van der Waals surface area contributed by atoms with Crippen molar-refractivity contribution >= 4 is 53.3 Å². The molecule has 0 atom stereocenters. The third kappa shape index (κ3) is 2.32. The Kier molecular flexibility index (Phi) is 3.89. The SMILES string of the molecule is [Rh].[c-]1ccc2c3c4sc5ccccc5c4ccc3n(-c3ccccc3)c2c1. The number of rotatable bonds is 1. The third-order valence-corrected chi connectivity index (χ3v) is 6.34. The van der Waals surface area contributed by atoms with E-state index >= 15 is 0 Å². The molecule has 4 aromatic carbocycles. The Balaban J connectivity index is 0.00000160. The molecule has 1 nitrogen and oxygen atoms in total. The zero-order valence-electron chi connectivity index (χ0n) is 14.3. The number of hydrogen-bond donors (Lipinski definition) is 0. The van der Waals surface area contributed by atoms with Gasteiger partial charge in [0.1, 0.15) is 0 Å². The fourth-order valence-electron chi connectivity index (χ4n) is 4.03. The summed E-state index contributed by atoms with van der Waals surface area (Å²) in [6, 6.07) is 33.4. The van der Waals surface area contributed by atoms with E-state index in [2.05, 4.69) is 89.5 Å². The van der Waals surface area contributed by atoms with Gasteiger partial charge >= 0.3 is 0 Å². The minimum Gasteiger partial charge on any atom is -0.364 e. The van der Waals surface area contributed by atoms with Gasteiger partial charge < -0.3 is 4.57 Å². The first-order chi connectivity index (χ1) is 12.9. The molecule has 0 unspecified atom stereocenters. The van der Waals surface area contributed by atoms with E-state index in [4.69, 9.17) is 0 Å². The summed E-state index contributed by atoms with van der Waals surface area (Å²) in [5.41, 5.74) is 3.65. The standard InChI is InChI=1S/C24H14NS.Rh/c1-2-8-16(9-3-1)25-20-12-6-4-11-19(20)23-21(25)15-14-18-17-10-5-7-13-22(17)26-24(18)23;/h1-5,7-15H;/q-1;. The van der Waals surface area contributed by atoms with Gasteiger partial charge in [-0.15, -0.1) is 16.7 Å². The van der Waals surface area contributed by atoms with Crippen molar-refractivity contribution in [3.63, 3.8) is 0 Å². The fourth-order valence-corrected chi connectivity index (χ4v) is 5.29. The normalized spacial score (nSPS) is 11.4. The monoisotopic (exact) mass is 451 g/mol. The Morgan fingerprint density at radius 3 is 2.41 bits per heavy atom. The number of aromatic nitrogens is 1. The Labute approximate surface area is 173 Å². The van der Waals surface area contributed by atoms with E-state index in [1.807, 2.05) is 17.4 Å². The molecule has 0 amide bonds. The first-order valence-electron chi connectivity index (χ1n) is 8.72. The number of hydrogen-bond acceptors (Lipinski definition) is 1. The molecule has 3 heteroatoms. The Hall–Kier alpha value is -2.48. The van der Waals surface area contributed by atoms with Crippen molar-refractivity contribution in [2.75, 3.05) is 0 Å². The van der Waals surface area contributed by atoms with E-state index < -0.39 is 0 Å². The zero-order chi connectivity index (χ0) is 17.1. The number of fused-ring (bicyclic) bond motifs is 7.